The highest BCUT2D eigenvalue weighted by Crippen LogP contribution is 2.22. The van der Waals surface area contributed by atoms with Crippen molar-refractivity contribution in [3.05, 3.63) is 59.4 Å². The number of ether oxygens (including phenoxy) is 1. The van der Waals surface area contributed by atoms with E-state index < -0.39 is 6.10 Å². The van der Waals surface area contributed by atoms with Crippen molar-refractivity contribution < 1.29 is 9.84 Å². The molecule has 0 bridgehead atoms. The number of pyridine rings is 1. The Bertz CT molecular complexity index is 538. The Hall–Kier alpha value is -1.91. The van der Waals surface area contributed by atoms with E-state index in [-0.39, 0.29) is 6.61 Å². The van der Waals surface area contributed by atoms with Gasteiger partial charge in [0.2, 0.25) is 0 Å². The van der Waals surface area contributed by atoms with Gasteiger partial charge in [-0.2, -0.15) is 0 Å². The van der Waals surface area contributed by atoms with Crippen molar-refractivity contribution in [2.75, 3.05) is 13.2 Å². The van der Waals surface area contributed by atoms with Crippen molar-refractivity contribution in [1.29, 1.82) is 0 Å². The molecule has 0 amide bonds. The first-order valence-corrected chi connectivity index (χ1v) is 7.13. The van der Waals surface area contributed by atoms with E-state index in [1.807, 2.05) is 50.4 Å². The van der Waals surface area contributed by atoms with Crippen LogP contribution in [-0.2, 0) is 6.54 Å². The Morgan fingerprint density at radius 1 is 1.19 bits per heavy atom. The molecular formula is C17H22N2O2. The van der Waals surface area contributed by atoms with Gasteiger partial charge in [0.25, 0.3) is 0 Å². The summed E-state index contributed by atoms with van der Waals surface area (Å²) in [5, 5.41) is 13.2. The molecule has 1 atom stereocenters. The fraction of sp³-hybridized carbons (Fsp3) is 0.353. The van der Waals surface area contributed by atoms with E-state index in [9.17, 15) is 5.11 Å². The fourth-order valence-corrected chi connectivity index (χ4v) is 2.15. The van der Waals surface area contributed by atoms with Crippen LogP contribution in [0.15, 0.2) is 42.7 Å². The molecule has 21 heavy (non-hydrogen) atoms. The van der Waals surface area contributed by atoms with Gasteiger partial charge in [-0.15, -0.1) is 0 Å². The molecule has 0 aliphatic heterocycles. The largest absolute Gasteiger partial charge is 0.490 e. The first-order chi connectivity index (χ1) is 10.2. The van der Waals surface area contributed by atoms with Gasteiger partial charge in [0.05, 0.1) is 0 Å². The van der Waals surface area contributed by atoms with E-state index in [2.05, 4.69) is 10.3 Å². The molecule has 0 radical (unpaired) electrons. The Morgan fingerprint density at radius 3 is 2.62 bits per heavy atom. The van der Waals surface area contributed by atoms with Gasteiger partial charge in [0.1, 0.15) is 18.5 Å². The molecular weight excluding hydrogens is 264 g/mol. The van der Waals surface area contributed by atoms with Gasteiger partial charge >= 0.3 is 0 Å². The Labute approximate surface area is 125 Å². The lowest BCUT2D eigenvalue weighted by atomic mass is 10.1. The van der Waals surface area contributed by atoms with Crippen LogP contribution >= 0.6 is 0 Å². The summed E-state index contributed by atoms with van der Waals surface area (Å²) in [7, 11) is 0. The third kappa shape index (κ3) is 4.85. The average Bonchev–Trinajstić information content (AvgIpc) is 2.48. The van der Waals surface area contributed by atoms with Gasteiger partial charge in [-0.25, -0.2) is 0 Å². The fourth-order valence-electron chi connectivity index (χ4n) is 2.15. The lowest BCUT2D eigenvalue weighted by molar-refractivity contribution is 0.105. The van der Waals surface area contributed by atoms with Crippen LogP contribution in [0.5, 0.6) is 5.75 Å². The molecule has 0 spiro atoms. The summed E-state index contributed by atoms with van der Waals surface area (Å²) in [5.74, 6) is 0.865. The summed E-state index contributed by atoms with van der Waals surface area (Å²) in [5.41, 5.74) is 3.27. The van der Waals surface area contributed by atoms with Gasteiger partial charge in [0, 0.05) is 25.5 Å². The van der Waals surface area contributed by atoms with Crippen LogP contribution in [0.2, 0.25) is 0 Å². The zero-order valence-electron chi connectivity index (χ0n) is 12.5. The van der Waals surface area contributed by atoms with Crippen LogP contribution in [0.1, 0.15) is 16.7 Å². The minimum absolute atomic E-state index is 0.283. The van der Waals surface area contributed by atoms with E-state index in [1.165, 1.54) is 0 Å². The van der Waals surface area contributed by atoms with Gasteiger partial charge in [-0.05, 0) is 36.6 Å². The zero-order valence-corrected chi connectivity index (χ0v) is 12.5. The number of benzene rings is 1. The van der Waals surface area contributed by atoms with Crippen LogP contribution in [0.3, 0.4) is 0 Å². The molecule has 0 saturated carbocycles. The predicted molar refractivity (Wildman–Crippen MR) is 83.4 cm³/mol. The summed E-state index contributed by atoms with van der Waals surface area (Å²) in [6, 6.07) is 9.92. The molecule has 4 nitrogen and oxygen atoms in total. The van der Waals surface area contributed by atoms with Gasteiger partial charge in [-0.3, -0.25) is 4.98 Å². The van der Waals surface area contributed by atoms with Gasteiger partial charge in [-0.1, -0.05) is 24.3 Å². The van der Waals surface area contributed by atoms with E-state index >= 15 is 0 Å². The summed E-state index contributed by atoms with van der Waals surface area (Å²) in [6.07, 6.45) is 3.02. The number of rotatable bonds is 7. The van der Waals surface area contributed by atoms with E-state index in [1.54, 1.807) is 6.20 Å². The molecule has 112 valence electrons. The van der Waals surface area contributed by atoms with E-state index in [4.69, 9.17) is 4.74 Å². The highest BCUT2D eigenvalue weighted by atomic mass is 16.5. The highest BCUT2D eigenvalue weighted by molar-refractivity contribution is 5.39. The van der Waals surface area contributed by atoms with Gasteiger partial charge in [0.15, 0.2) is 0 Å². The molecule has 4 heteroatoms. The standard InChI is InChI=1S/C17H22N2O2/c1-13-5-3-6-14(2)17(13)21-12-16(20)11-19-10-15-7-4-8-18-9-15/h3-9,16,19-20H,10-12H2,1-2H3. The molecule has 1 aromatic carbocycles. The van der Waals surface area contributed by atoms with Crippen LogP contribution in [0.4, 0.5) is 0 Å². The second-order valence-corrected chi connectivity index (χ2v) is 5.18. The quantitative estimate of drug-likeness (QED) is 0.819. The molecule has 1 aromatic heterocycles. The first-order valence-electron chi connectivity index (χ1n) is 7.13. The third-order valence-electron chi connectivity index (χ3n) is 3.26. The maximum atomic E-state index is 9.97. The minimum Gasteiger partial charge on any atom is -0.490 e. The number of para-hydroxylation sites is 1. The molecule has 2 N–H and O–H groups in total. The van der Waals surface area contributed by atoms with Crippen molar-refractivity contribution in [2.45, 2.75) is 26.5 Å². The topological polar surface area (TPSA) is 54.4 Å². The molecule has 0 saturated heterocycles. The van der Waals surface area contributed by atoms with Crippen molar-refractivity contribution >= 4 is 0 Å². The molecule has 0 fully saturated rings. The maximum absolute atomic E-state index is 9.97. The third-order valence-corrected chi connectivity index (χ3v) is 3.26. The van der Waals surface area contributed by atoms with Crippen molar-refractivity contribution in [3.8, 4) is 5.75 Å². The molecule has 1 heterocycles. The smallest absolute Gasteiger partial charge is 0.125 e. The normalized spacial score (nSPS) is 12.1. The number of nitrogens with one attached hydrogen (secondary N) is 1. The number of nitrogens with zero attached hydrogens (tertiary/aromatic N) is 1. The number of hydrogen-bond donors (Lipinski definition) is 2. The average molecular weight is 286 g/mol. The second kappa shape index (κ2) is 7.76. The van der Waals surface area contributed by atoms with E-state index in [0.29, 0.717) is 13.1 Å². The molecule has 0 aliphatic rings. The Kier molecular flexibility index (Phi) is 5.72. The summed E-state index contributed by atoms with van der Waals surface area (Å²) >= 11 is 0. The SMILES string of the molecule is Cc1cccc(C)c1OCC(O)CNCc1cccnc1. The van der Waals surface area contributed by atoms with E-state index in [0.717, 1.165) is 22.4 Å². The zero-order chi connectivity index (χ0) is 15.1. The molecule has 0 aliphatic carbocycles. The maximum Gasteiger partial charge on any atom is 0.125 e. The Morgan fingerprint density at radius 2 is 1.95 bits per heavy atom. The van der Waals surface area contributed by atoms with Crippen LogP contribution in [0, 0.1) is 13.8 Å². The lowest BCUT2D eigenvalue weighted by Gasteiger charge is -2.16. The predicted octanol–water partition coefficient (Wildman–Crippen LogP) is 2.23. The minimum atomic E-state index is -0.541. The van der Waals surface area contributed by atoms with Crippen LogP contribution in [0.25, 0.3) is 0 Å². The number of aliphatic hydroxyl groups is 1. The summed E-state index contributed by atoms with van der Waals surface area (Å²) < 4.78 is 5.73. The number of aliphatic hydroxyl groups excluding tert-OH is 1. The second-order valence-electron chi connectivity index (χ2n) is 5.18. The molecule has 2 rings (SSSR count). The Balaban J connectivity index is 1.74. The van der Waals surface area contributed by atoms with Gasteiger partial charge < -0.3 is 15.2 Å². The van der Waals surface area contributed by atoms with Crippen molar-refractivity contribution in [2.24, 2.45) is 0 Å². The highest BCUT2D eigenvalue weighted by Gasteiger charge is 2.08. The lowest BCUT2D eigenvalue weighted by Crippen LogP contribution is -2.31. The number of aromatic nitrogens is 1. The monoisotopic (exact) mass is 286 g/mol. The molecule has 2 aromatic rings. The summed E-state index contributed by atoms with van der Waals surface area (Å²) in [4.78, 5) is 4.05. The molecule has 1 unspecified atom stereocenters. The summed E-state index contributed by atoms with van der Waals surface area (Å²) in [6.45, 7) is 5.48. The number of hydrogen-bond acceptors (Lipinski definition) is 4. The van der Waals surface area contributed by atoms with Crippen LogP contribution < -0.4 is 10.1 Å². The number of aryl methyl sites for hydroxylation is 2. The van der Waals surface area contributed by atoms with Crippen LogP contribution in [-0.4, -0.2) is 29.3 Å². The van der Waals surface area contributed by atoms with Crippen molar-refractivity contribution in [3.63, 3.8) is 0 Å². The first kappa shape index (κ1) is 15.5. The van der Waals surface area contributed by atoms with Crippen molar-refractivity contribution in [1.82, 2.24) is 10.3 Å².